The Labute approximate surface area is 248 Å². The fourth-order valence-corrected chi connectivity index (χ4v) is 8.73. The van der Waals surface area contributed by atoms with E-state index in [0.717, 1.165) is 28.6 Å². The smallest absolute Gasteiger partial charge is 0.256 e. The Balaban J connectivity index is 1.31. The number of anilines is 5. The molecule has 0 saturated heterocycles. The second-order valence-electron chi connectivity index (χ2n) is 12.8. The van der Waals surface area contributed by atoms with Crippen LogP contribution in [-0.4, -0.2) is 12.3 Å². The van der Waals surface area contributed by atoms with Gasteiger partial charge in [0.05, 0.1) is 11.2 Å². The van der Waals surface area contributed by atoms with Crippen LogP contribution in [0, 0.1) is 0 Å². The van der Waals surface area contributed by atoms with Crippen LogP contribution in [0.15, 0.2) is 115 Å². The van der Waals surface area contributed by atoms with Crippen LogP contribution in [0.2, 0.25) is 0 Å². The van der Waals surface area contributed by atoms with E-state index >= 15 is 0 Å². The maximum Gasteiger partial charge on any atom is 0.256 e. The van der Waals surface area contributed by atoms with Gasteiger partial charge in [-0.05, 0) is 84.2 Å². The molecule has 42 heavy (non-hydrogen) atoms. The zero-order valence-corrected chi connectivity index (χ0v) is 24.2. The van der Waals surface area contributed by atoms with Gasteiger partial charge in [-0.2, -0.15) is 0 Å². The molecule has 0 spiro atoms. The molecule has 5 aromatic rings. The summed E-state index contributed by atoms with van der Waals surface area (Å²) in [6.07, 6.45) is 5.01. The van der Waals surface area contributed by atoms with Gasteiger partial charge in [0.2, 0.25) is 0 Å². The molecule has 1 aliphatic carbocycles. The number of rotatable bonds is 3. The van der Waals surface area contributed by atoms with E-state index in [1.165, 1.54) is 59.0 Å². The van der Waals surface area contributed by atoms with Crippen molar-refractivity contribution < 1.29 is 4.74 Å². The maximum absolute atomic E-state index is 7.03. The molecule has 5 aromatic carbocycles. The van der Waals surface area contributed by atoms with E-state index in [2.05, 4.69) is 139 Å². The second kappa shape index (κ2) is 8.55. The van der Waals surface area contributed by atoms with E-state index in [-0.39, 0.29) is 17.7 Å². The molecule has 3 nitrogen and oxygen atoms in total. The van der Waals surface area contributed by atoms with Crippen molar-refractivity contribution in [3.05, 3.63) is 121 Å². The fourth-order valence-electron chi connectivity index (χ4n) is 8.73. The molecular weight excluding hydrogens is 511 g/mol. The number of hydrogen-bond donors (Lipinski definition) is 0. The van der Waals surface area contributed by atoms with E-state index in [9.17, 15) is 0 Å². The molecule has 2 unspecified atom stereocenters. The summed E-state index contributed by atoms with van der Waals surface area (Å²) in [6.45, 7) is 5.16. The molecule has 4 aliphatic rings. The molecule has 4 heteroatoms. The molecular formula is C38H33BN2O. The highest BCUT2D eigenvalue weighted by Crippen LogP contribution is 2.61. The van der Waals surface area contributed by atoms with Crippen molar-refractivity contribution in [3.8, 4) is 11.5 Å². The zero-order chi connectivity index (χ0) is 28.1. The molecule has 3 heterocycles. The maximum atomic E-state index is 7.03. The van der Waals surface area contributed by atoms with Crippen LogP contribution < -0.4 is 30.9 Å². The minimum absolute atomic E-state index is 0.0450. The summed E-state index contributed by atoms with van der Waals surface area (Å²) in [5, 5.41) is 0. The van der Waals surface area contributed by atoms with Gasteiger partial charge in [0.1, 0.15) is 11.5 Å². The summed E-state index contributed by atoms with van der Waals surface area (Å²) in [7, 11) is 0. The molecule has 2 atom stereocenters. The van der Waals surface area contributed by atoms with E-state index in [0.29, 0.717) is 0 Å². The third-order valence-corrected chi connectivity index (χ3v) is 10.9. The van der Waals surface area contributed by atoms with Gasteiger partial charge >= 0.3 is 0 Å². The van der Waals surface area contributed by atoms with Gasteiger partial charge in [0.25, 0.3) is 6.71 Å². The number of fused-ring (bicyclic) bond motifs is 7. The van der Waals surface area contributed by atoms with Crippen molar-refractivity contribution in [1.82, 2.24) is 0 Å². The van der Waals surface area contributed by atoms with Crippen molar-refractivity contribution in [2.75, 3.05) is 9.80 Å². The normalized spacial score (nSPS) is 22.4. The molecule has 0 aromatic heterocycles. The Bertz CT molecular complexity index is 1830. The molecule has 204 valence electrons. The highest BCUT2D eigenvalue weighted by molar-refractivity contribution is 6.99. The van der Waals surface area contributed by atoms with Crippen LogP contribution in [0.5, 0.6) is 11.5 Å². The first kappa shape index (κ1) is 24.2. The van der Waals surface area contributed by atoms with Crippen LogP contribution in [-0.2, 0) is 5.41 Å². The van der Waals surface area contributed by atoms with Gasteiger partial charge < -0.3 is 14.5 Å². The largest absolute Gasteiger partial charge is 0.456 e. The predicted octanol–water partition coefficient (Wildman–Crippen LogP) is 7.83. The summed E-state index contributed by atoms with van der Waals surface area (Å²) in [6, 6.07) is 41.8. The van der Waals surface area contributed by atoms with Crippen molar-refractivity contribution in [1.29, 1.82) is 0 Å². The van der Waals surface area contributed by atoms with E-state index < -0.39 is 0 Å². The lowest BCUT2D eigenvalue weighted by Gasteiger charge is -2.52. The van der Waals surface area contributed by atoms with Crippen LogP contribution in [0.4, 0.5) is 28.4 Å². The van der Waals surface area contributed by atoms with E-state index in [1.54, 1.807) is 0 Å². The third kappa shape index (κ3) is 2.97. The number of para-hydroxylation sites is 4. The van der Waals surface area contributed by atoms with Gasteiger partial charge in [0.15, 0.2) is 0 Å². The van der Waals surface area contributed by atoms with Crippen LogP contribution in [0.1, 0.15) is 45.1 Å². The van der Waals surface area contributed by atoms with Crippen LogP contribution in [0.25, 0.3) is 0 Å². The first-order chi connectivity index (χ1) is 20.6. The lowest BCUT2D eigenvalue weighted by molar-refractivity contribution is 0.195. The lowest BCUT2D eigenvalue weighted by atomic mass is 9.34. The third-order valence-electron chi connectivity index (χ3n) is 10.9. The topological polar surface area (TPSA) is 15.7 Å². The number of ether oxygens (including phenoxy) is 1. The van der Waals surface area contributed by atoms with Gasteiger partial charge in [-0.1, -0.05) is 92.6 Å². The molecule has 1 saturated carbocycles. The number of benzene rings is 5. The van der Waals surface area contributed by atoms with Crippen LogP contribution >= 0.6 is 0 Å². The van der Waals surface area contributed by atoms with Crippen molar-refractivity contribution in [3.63, 3.8) is 0 Å². The van der Waals surface area contributed by atoms with Gasteiger partial charge in [-0.25, -0.2) is 0 Å². The number of nitrogens with zero attached hydrogens (tertiary/aromatic N) is 2. The Morgan fingerprint density at radius 1 is 0.690 bits per heavy atom. The molecule has 0 amide bonds. The highest BCUT2D eigenvalue weighted by Gasteiger charge is 2.61. The summed E-state index contributed by atoms with van der Waals surface area (Å²) in [5.41, 5.74) is 11.7. The van der Waals surface area contributed by atoms with Gasteiger partial charge in [-0.15, -0.1) is 0 Å². The molecule has 0 radical (unpaired) electrons. The van der Waals surface area contributed by atoms with Crippen LogP contribution in [0.3, 0.4) is 0 Å². The first-order valence-corrected chi connectivity index (χ1v) is 15.4. The molecule has 0 N–H and O–H groups in total. The minimum Gasteiger partial charge on any atom is -0.456 e. The minimum atomic E-state index is 0.0450. The van der Waals surface area contributed by atoms with Gasteiger partial charge in [-0.3, -0.25) is 0 Å². The molecule has 9 rings (SSSR count). The summed E-state index contributed by atoms with van der Waals surface area (Å²) in [5.74, 6) is 1.92. The Morgan fingerprint density at radius 3 is 2.12 bits per heavy atom. The molecule has 0 bridgehead atoms. The Hall–Kier alpha value is -4.44. The van der Waals surface area contributed by atoms with Crippen molar-refractivity contribution in [2.45, 2.75) is 50.5 Å². The lowest BCUT2D eigenvalue weighted by Crippen LogP contribution is -2.63. The molecule has 3 aliphatic heterocycles. The Kier molecular flexibility index (Phi) is 4.92. The fraction of sp³-hybridized carbons (Fsp3) is 0.211. The zero-order valence-electron chi connectivity index (χ0n) is 24.2. The quantitative estimate of drug-likeness (QED) is 0.211. The summed E-state index contributed by atoms with van der Waals surface area (Å²) < 4.78 is 7.03. The van der Waals surface area contributed by atoms with Crippen molar-refractivity contribution >= 4 is 51.5 Å². The average Bonchev–Trinajstić information content (AvgIpc) is 3.25. The molecule has 1 fully saturated rings. The Morgan fingerprint density at radius 2 is 1.36 bits per heavy atom. The monoisotopic (exact) mass is 544 g/mol. The van der Waals surface area contributed by atoms with Crippen molar-refractivity contribution in [2.24, 2.45) is 0 Å². The average molecular weight is 545 g/mol. The standard InChI is InChI=1S/C38H33BN2O/c1-37-24-9-10-25-38(37,2)41-31-21-13-23-33-34(31)39(29-19-11-18-28(37)35(29)41)30-20-12-22-32(36(30)42-33)40(26-14-5-3-6-15-26)27-16-7-4-8-17-27/h3-8,11-23H,9-10,24-25H2,1-2H3. The number of hydrogen-bond acceptors (Lipinski definition) is 3. The SMILES string of the molecule is CC12CCCCC1(C)N1c3cccc4c3B(c3cccc(N(c5ccccc5)c5ccccc5)c3O4)c3cccc2c31. The van der Waals surface area contributed by atoms with E-state index in [1.807, 2.05) is 0 Å². The summed E-state index contributed by atoms with van der Waals surface area (Å²) >= 11 is 0. The first-order valence-electron chi connectivity index (χ1n) is 15.4. The predicted molar refractivity (Wildman–Crippen MR) is 175 cm³/mol. The van der Waals surface area contributed by atoms with E-state index in [4.69, 9.17) is 4.74 Å². The second-order valence-corrected chi connectivity index (χ2v) is 12.8. The summed E-state index contributed by atoms with van der Waals surface area (Å²) in [4.78, 5) is 5.06. The van der Waals surface area contributed by atoms with Gasteiger partial charge in [0, 0.05) is 28.2 Å². The highest BCUT2D eigenvalue weighted by atomic mass is 16.5.